The Morgan fingerprint density at radius 2 is 0.932 bits per heavy atom. The van der Waals surface area contributed by atoms with E-state index >= 15 is 0 Å². The van der Waals surface area contributed by atoms with Crippen LogP contribution < -0.4 is 9.47 Å². The lowest BCUT2D eigenvalue weighted by Gasteiger charge is -2.08. The van der Waals surface area contributed by atoms with Crippen molar-refractivity contribution in [2.45, 2.75) is 117 Å². The lowest BCUT2D eigenvalue weighted by molar-refractivity contribution is 0.304. The van der Waals surface area contributed by atoms with Crippen LogP contribution >= 0.6 is 0 Å². The molecular formula is C40H56O4. The molecule has 44 heavy (non-hydrogen) atoms. The van der Waals surface area contributed by atoms with E-state index in [1.165, 1.54) is 89.9 Å². The van der Waals surface area contributed by atoms with Crippen LogP contribution in [0.1, 0.15) is 122 Å². The predicted molar refractivity (Wildman–Crippen MR) is 185 cm³/mol. The van der Waals surface area contributed by atoms with Crippen molar-refractivity contribution in [1.29, 1.82) is 0 Å². The Bertz CT molecular complexity index is 1080. The van der Waals surface area contributed by atoms with Gasteiger partial charge in [0.2, 0.25) is 0 Å². The summed E-state index contributed by atoms with van der Waals surface area (Å²) < 4.78 is 23.5. The Morgan fingerprint density at radius 1 is 0.545 bits per heavy atom. The number of methoxy groups -OCH3 is 1. The summed E-state index contributed by atoms with van der Waals surface area (Å²) in [5.41, 5.74) is 2.93. The number of unbranched alkanes of at least 4 members (excludes halogenated alkanes) is 14. The first-order chi connectivity index (χ1) is 21.7. The highest BCUT2D eigenvalue weighted by atomic mass is 16.5. The van der Waals surface area contributed by atoms with E-state index in [0.29, 0.717) is 0 Å². The van der Waals surface area contributed by atoms with E-state index in [0.717, 1.165) is 65.8 Å². The normalized spacial score (nSPS) is 11.2. The number of hydrogen-bond donors (Lipinski definition) is 0. The summed E-state index contributed by atoms with van der Waals surface area (Å²) in [5.74, 6) is 3.33. The Hall–Kier alpha value is -3.27. The SMILES string of the molecule is CCCCCCCCCCOc1ccc(-c2cc(C=[C-]OC)cc(-c3ccc(OCCCCCCCCCC)cc3)[o+]2)cc1. The maximum Gasteiger partial charge on any atom is 0.343 e. The fourth-order valence-electron chi connectivity index (χ4n) is 5.30. The second-order valence-corrected chi connectivity index (χ2v) is 11.8. The Kier molecular flexibility index (Phi) is 17.8. The van der Waals surface area contributed by atoms with Crippen molar-refractivity contribution in [3.63, 3.8) is 0 Å². The average Bonchev–Trinajstić information content (AvgIpc) is 3.06. The van der Waals surface area contributed by atoms with Gasteiger partial charge in [0.1, 0.15) is 11.5 Å². The monoisotopic (exact) mass is 600 g/mol. The summed E-state index contributed by atoms with van der Waals surface area (Å²) in [6.07, 6.45) is 25.4. The maximum absolute atomic E-state index is 6.40. The minimum atomic E-state index is 0.759. The second-order valence-electron chi connectivity index (χ2n) is 11.8. The molecule has 0 bridgehead atoms. The molecule has 0 saturated carbocycles. The smallest absolute Gasteiger partial charge is 0.343 e. The minimum absolute atomic E-state index is 0.759. The van der Waals surface area contributed by atoms with Crippen LogP contribution in [0.3, 0.4) is 0 Å². The van der Waals surface area contributed by atoms with E-state index in [4.69, 9.17) is 18.6 Å². The molecule has 2 aromatic carbocycles. The van der Waals surface area contributed by atoms with E-state index in [1.807, 2.05) is 42.5 Å². The van der Waals surface area contributed by atoms with Gasteiger partial charge in [0.05, 0.1) is 31.5 Å². The fourth-order valence-corrected chi connectivity index (χ4v) is 5.30. The summed E-state index contributed by atoms with van der Waals surface area (Å²) in [6.45, 7) is 6.05. The largest absolute Gasteiger partial charge is 0.596 e. The summed E-state index contributed by atoms with van der Waals surface area (Å²) in [7, 11) is 1.60. The third-order valence-electron chi connectivity index (χ3n) is 7.97. The number of rotatable bonds is 24. The predicted octanol–water partition coefficient (Wildman–Crippen LogP) is 12.4. The first-order valence-electron chi connectivity index (χ1n) is 17.3. The topological polar surface area (TPSA) is 39.0 Å². The van der Waals surface area contributed by atoms with Gasteiger partial charge in [-0.1, -0.05) is 110 Å². The third-order valence-corrected chi connectivity index (χ3v) is 7.97. The molecule has 0 radical (unpaired) electrons. The highest BCUT2D eigenvalue weighted by molar-refractivity contribution is 5.68. The Balaban J connectivity index is 1.52. The van der Waals surface area contributed by atoms with Crippen molar-refractivity contribution < 1.29 is 18.6 Å². The Morgan fingerprint density at radius 3 is 1.32 bits per heavy atom. The van der Waals surface area contributed by atoms with Crippen LogP contribution in [0.25, 0.3) is 28.7 Å². The van der Waals surface area contributed by atoms with Crippen LogP contribution in [0, 0.1) is 6.26 Å². The molecule has 240 valence electrons. The van der Waals surface area contributed by atoms with E-state index in [2.05, 4.69) is 44.4 Å². The van der Waals surface area contributed by atoms with Gasteiger partial charge in [-0.05, 0) is 73.5 Å². The number of hydrogen-bond acceptors (Lipinski definition) is 3. The van der Waals surface area contributed by atoms with Gasteiger partial charge in [-0.3, -0.25) is 0 Å². The van der Waals surface area contributed by atoms with Gasteiger partial charge < -0.3 is 14.2 Å². The lowest BCUT2D eigenvalue weighted by Crippen LogP contribution is -1.97. The Labute approximate surface area is 267 Å². The molecule has 3 rings (SSSR count). The summed E-state index contributed by atoms with van der Waals surface area (Å²) in [5, 5.41) is 0. The summed E-state index contributed by atoms with van der Waals surface area (Å²) in [4.78, 5) is 0. The van der Waals surface area contributed by atoms with Gasteiger partial charge in [0, 0.05) is 0 Å². The molecule has 1 heterocycles. The van der Waals surface area contributed by atoms with Gasteiger partial charge in [0.25, 0.3) is 0 Å². The summed E-state index contributed by atoms with van der Waals surface area (Å²) in [6, 6.07) is 20.3. The molecule has 0 unspecified atom stereocenters. The molecule has 0 aliphatic carbocycles. The van der Waals surface area contributed by atoms with Crippen LogP contribution in [0.15, 0.2) is 65.1 Å². The summed E-state index contributed by atoms with van der Waals surface area (Å²) >= 11 is 0. The van der Waals surface area contributed by atoms with Gasteiger partial charge in [-0.25, -0.2) is 4.42 Å². The zero-order valence-corrected chi connectivity index (χ0v) is 27.7. The van der Waals surface area contributed by atoms with Gasteiger partial charge in [0.15, 0.2) is 0 Å². The molecule has 0 aliphatic rings. The molecule has 0 atom stereocenters. The molecule has 0 aliphatic heterocycles. The van der Waals surface area contributed by atoms with E-state index in [1.54, 1.807) is 7.11 Å². The molecule has 1 aromatic heterocycles. The second kappa shape index (κ2) is 22.3. The molecule has 3 aromatic rings. The van der Waals surface area contributed by atoms with E-state index in [9.17, 15) is 0 Å². The van der Waals surface area contributed by atoms with Crippen LogP contribution in [-0.2, 0) is 4.74 Å². The van der Waals surface area contributed by atoms with E-state index in [-0.39, 0.29) is 0 Å². The van der Waals surface area contributed by atoms with Crippen molar-refractivity contribution in [1.82, 2.24) is 0 Å². The zero-order chi connectivity index (χ0) is 31.1. The van der Waals surface area contributed by atoms with Gasteiger partial charge >= 0.3 is 11.5 Å². The first kappa shape index (κ1) is 35.2. The molecule has 0 spiro atoms. The van der Waals surface area contributed by atoms with Crippen molar-refractivity contribution in [2.24, 2.45) is 0 Å². The number of benzene rings is 2. The van der Waals surface area contributed by atoms with Gasteiger partial charge in [-0.15, -0.1) is 0 Å². The maximum atomic E-state index is 6.40. The van der Waals surface area contributed by atoms with E-state index < -0.39 is 0 Å². The quantitative estimate of drug-likeness (QED) is 0.0444. The van der Waals surface area contributed by atoms with Crippen molar-refractivity contribution in [3.05, 3.63) is 72.5 Å². The highest BCUT2D eigenvalue weighted by Crippen LogP contribution is 2.31. The van der Waals surface area contributed by atoms with Crippen molar-refractivity contribution in [3.8, 4) is 34.1 Å². The van der Waals surface area contributed by atoms with Crippen molar-refractivity contribution >= 4 is 6.08 Å². The lowest BCUT2D eigenvalue weighted by atomic mass is 10.1. The fraction of sp³-hybridized carbons (Fsp3) is 0.525. The molecule has 0 saturated heterocycles. The highest BCUT2D eigenvalue weighted by Gasteiger charge is 2.17. The average molecular weight is 601 g/mol. The molecule has 0 N–H and O–H groups in total. The number of ether oxygens (including phenoxy) is 3. The van der Waals surface area contributed by atoms with Gasteiger partial charge in [-0.2, -0.15) is 11.6 Å². The zero-order valence-electron chi connectivity index (χ0n) is 27.7. The minimum Gasteiger partial charge on any atom is -0.596 e. The molecule has 0 amide bonds. The first-order valence-corrected chi connectivity index (χ1v) is 17.3. The van der Waals surface area contributed by atoms with Crippen LogP contribution in [0.2, 0.25) is 0 Å². The standard InChI is InChI=1S/C40H56O4/c1-4-6-8-10-12-14-16-18-29-42-37-24-20-35(21-25-37)39-32-34(28-31-41-3)33-40(44-39)36-22-26-38(27-23-36)43-30-19-17-15-13-11-9-7-5-2/h20-28,32-33H,4-19,29-30H2,1-3H3. The van der Waals surface area contributed by atoms with Crippen LogP contribution in [-0.4, -0.2) is 20.3 Å². The molecular weight excluding hydrogens is 544 g/mol. The third kappa shape index (κ3) is 14.0. The molecule has 4 nitrogen and oxygen atoms in total. The van der Waals surface area contributed by atoms with Crippen molar-refractivity contribution in [2.75, 3.05) is 20.3 Å². The van der Waals surface area contributed by atoms with Crippen LogP contribution in [0.4, 0.5) is 0 Å². The molecule has 0 fully saturated rings. The van der Waals surface area contributed by atoms with Crippen LogP contribution in [0.5, 0.6) is 11.5 Å². The molecule has 4 heteroatoms.